The van der Waals surface area contributed by atoms with E-state index in [0.717, 1.165) is 51.4 Å². The highest BCUT2D eigenvalue weighted by Gasteiger charge is 2.25. The zero-order chi connectivity index (χ0) is 49.9. The monoisotopic (exact) mass is 960 g/mol. The van der Waals surface area contributed by atoms with Crippen molar-refractivity contribution in [2.75, 3.05) is 41.0 Å². The van der Waals surface area contributed by atoms with Gasteiger partial charge in [0.2, 0.25) is 0 Å². The lowest BCUT2D eigenvalue weighted by atomic mass is 10.0. The fourth-order valence-corrected chi connectivity index (χ4v) is 9.05. The van der Waals surface area contributed by atoms with Crippen LogP contribution in [0.3, 0.4) is 0 Å². The zero-order valence-electron chi connectivity index (χ0n) is 45.8. The van der Waals surface area contributed by atoms with Gasteiger partial charge in [-0.05, 0) is 44.9 Å². The summed E-state index contributed by atoms with van der Waals surface area (Å²) in [6, 6.07) is -0.726. The molecule has 0 aromatic heterocycles. The van der Waals surface area contributed by atoms with E-state index in [1.54, 1.807) is 0 Å². The van der Waals surface area contributed by atoms with Crippen LogP contribution >= 0.6 is 0 Å². The molecule has 0 heterocycles. The van der Waals surface area contributed by atoms with Gasteiger partial charge in [0.15, 0.2) is 6.10 Å². The Morgan fingerprint density at radius 3 is 1.13 bits per heavy atom. The van der Waals surface area contributed by atoms with Crippen molar-refractivity contribution in [3.8, 4) is 0 Å². The number of ether oxygens (including phenoxy) is 3. The average Bonchev–Trinajstić information content (AvgIpc) is 3.30. The lowest BCUT2D eigenvalue weighted by Crippen LogP contribution is -2.55. The van der Waals surface area contributed by atoms with Crippen LogP contribution in [-0.2, 0) is 28.6 Å². The zero-order valence-corrected chi connectivity index (χ0v) is 45.8. The summed E-state index contributed by atoms with van der Waals surface area (Å²) in [5.41, 5.74) is 0. The van der Waals surface area contributed by atoms with Crippen LogP contribution in [0.5, 0.6) is 0 Å². The van der Waals surface area contributed by atoms with E-state index < -0.39 is 18.1 Å². The molecule has 8 heteroatoms. The van der Waals surface area contributed by atoms with Crippen LogP contribution < -0.4 is 5.11 Å². The minimum absolute atomic E-state index is 0.0422. The third kappa shape index (κ3) is 48.8. The van der Waals surface area contributed by atoms with Crippen molar-refractivity contribution in [3.05, 3.63) is 24.3 Å². The Hall–Kier alpha value is -2.19. The summed E-state index contributed by atoms with van der Waals surface area (Å²) < 4.78 is 17.3. The van der Waals surface area contributed by atoms with Gasteiger partial charge < -0.3 is 28.6 Å². The van der Waals surface area contributed by atoms with Crippen molar-refractivity contribution in [2.45, 2.75) is 302 Å². The number of likely N-dealkylation sites (N-methyl/N-ethyl adjacent to an activating group) is 1. The number of allylic oxidation sites excluding steroid dienone is 4. The van der Waals surface area contributed by atoms with Gasteiger partial charge in [0.1, 0.15) is 12.6 Å². The molecule has 0 spiro atoms. The van der Waals surface area contributed by atoms with E-state index in [0.29, 0.717) is 12.8 Å². The molecule has 0 saturated heterocycles. The first-order valence-corrected chi connectivity index (χ1v) is 29.4. The summed E-state index contributed by atoms with van der Waals surface area (Å²) in [5.74, 6) is -1.72. The van der Waals surface area contributed by atoms with Gasteiger partial charge >= 0.3 is 11.9 Å². The molecular formula is C60H113NO7. The number of nitrogens with zero attached hydrogens (tertiary/aromatic N) is 1. The maximum absolute atomic E-state index is 12.8. The number of hydrogen-bond donors (Lipinski definition) is 0. The highest BCUT2D eigenvalue weighted by molar-refractivity contribution is 5.70. The van der Waals surface area contributed by atoms with Crippen molar-refractivity contribution in [2.24, 2.45) is 0 Å². The lowest BCUT2D eigenvalue weighted by Gasteiger charge is -2.34. The van der Waals surface area contributed by atoms with Gasteiger partial charge in [-0.1, -0.05) is 250 Å². The predicted molar refractivity (Wildman–Crippen MR) is 287 cm³/mol. The van der Waals surface area contributed by atoms with Gasteiger partial charge in [0.05, 0.1) is 40.3 Å². The number of carbonyl (C=O) groups is 3. The number of esters is 2. The Kier molecular flexibility index (Phi) is 49.5. The fourth-order valence-electron chi connectivity index (χ4n) is 9.05. The second kappa shape index (κ2) is 51.2. The van der Waals surface area contributed by atoms with Crippen LogP contribution in [0.15, 0.2) is 24.3 Å². The molecule has 400 valence electrons. The van der Waals surface area contributed by atoms with Crippen molar-refractivity contribution in [3.63, 3.8) is 0 Å². The first kappa shape index (κ1) is 65.8. The van der Waals surface area contributed by atoms with Crippen molar-refractivity contribution < 1.29 is 38.2 Å². The Labute approximate surface area is 421 Å². The smallest absolute Gasteiger partial charge is 0.306 e. The molecule has 0 saturated carbocycles. The van der Waals surface area contributed by atoms with E-state index in [9.17, 15) is 19.5 Å². The second-order valence-electron chi connectivity index (χ2n) is 21.2. The van der Waals surface area contributed by atoms with Gasteiger partial charge in [-0.15, -0.1) is 0 Å². The van der Waals surface area contributed by atoms with Crippen LogP contribution in [0.4, 0.5) is 0 Å². The molecule has 0 amide bonds. The van der Waals surface area contributed by atoms with E-state index >= 15 is 0 Å². The Morgan fingerprint density at radius 2 is 0.779 bits per heavy atom. The third-order valence-corrected chi connectivity index (χ3v) is 13.6. The van der Waals surface area contributed by atoms with Crippen molar-refractivity contribution >= 4 is 17.9 Å². The predicted octanol–water partition coefficient (Wildman–Crippen LogP) is 16.2. The van der Waals surface area contributed by atoms with Gasteiger partial charge in [-0.25, -0.2) is 0 Å². The van der Waals surface area contributed by atoms with Crippen LogP contribution in [0.25, 0.3) is 0 Å². The summed E-state index contributed by atoms with van der Waals surface area (Å²) in [7, 11) is 5.43. The topological polar surface area (TPSA) is 102 Å². The van der Waals surface area contributed by atoms with Gasteiger partial charge in [0.25, 0.3) is 0 Å². The van der Waals surface area contributed by atoms with Gasteiger partial charge in [-0.2, -0.15) is 0 Å². The van der Waals surface area contributed by atoms with Crippen LogP contribution in [-0.4, -0.2) is 75.5 Å². The number of rotatable bonds is 54. The number of quaternary nitrogens is 1. The van der Waals surface area contributed by atoms with Crippen molar-refractivity contribution in [1.29, 1.82) is 0 Å². The minimum atomic E-state index is -1.12. The van der Waals surface area contributed by atoms with E-state index in [4.69, 9.17) is 14.2 Å². The van der Waals surface area contributed by atoms with E-state index in [-0.39, 0.29) is 42.7 Å². The molecule has 0 aromatic rings. The van der Waals surface area contributed by atoms with Crippen molar-refractivity contribution in [1.82, 2.24) is 0 Å². The standard InChI is InChI=1S/C60H113NO7/c1-6-8-10-12-14-16-18-20-22-24-26-28-30-32-34-36-38-40-42-44-46-48-50-58(62)67-55-56(54-66-53-52-57(60(64)65)61(3,4)5)68-59(63)51-49-47-45-43-41-39-37-35-33-31-29-27-25-23-21-19-17-15-13-11-9-7-2/h25,27,31,33,56-57H,6-24,26,28-30,32,34-55H2,1-5H3/b27-25+,33-31+. The maximum Gasteiger partial charge on any atom is 0.306 e. The van der Waals surface area contributed by atoms with Crippen LogP contribution in [0.1, 0.15) is 290 Å². The molecule has 2 atom stereocenters. The average molecular weight is 961 g/mol. The van der Waals surface area contributed by atoms with E-state index in [1.807, 2.05) is 21.1 Å². The SMILES string of the molecule is CCCCCCCCCC/C=C/C/C=C/CCCCCCCCCC(=O)OC(COCCC(C(=O)[O-])[N+](C)(C)C)COC(=O)CCCCCCCCCCCCCCCCCCCCCCCC. The summed E-state index contributed by atoms with van der Waals surface area (Å²) in [5, 5.41) is 11.7. The van der Waals surface area contributed by atoms with E-state index in [1.165, 1.54) is 205 Å². The molecule has 0 aliphatic rings. The number of hydrogen-bond acceptors (Lipinski definition) is 7. The molecule has 0 aliphatic carbocycles. The lowest BCUT2D eigenvalue weighted by molar-refractivity contribution is -0.889. The first-order valence-electron chi connectivity index (χ1n) is 29.4. The Morgan fingerprint density at radius 1 is 0.441 bits per heavy atom. The molecule has 68 heavy (non-hydrogen) atoms. The highest BCUT2D eigenvalue weighted by Crippen LogP contribution is 2.17. The fraction of sp³-hybridized carbons (Fsp3) is 0.883. The summed E-state index contributed by atoms with van der Waals surface area (Å²) >= 11 is 0. The van der Waals surface area contributed by atoms with Crippen LogP contribution in [0.2, 0.25) is 0 Å². The number of carboxylic acid groups (broad SMARTS) is 1. The minimum Gasteiger partial charge on any atom is -0.544 e. The number of carboxylic acids is 1. The molecule has 0 fully saturated rings. The van der Waals surface area contributed by atoms with Crippen LogP contribution in [0, 0.1) is 0 Å². The molecule has 0 rings (SSSR count). The molecule has 2 unspecified atom stereocenters. The normalized spacial score (nSPS) is 12.9. The third-order valence-electron chi connectivity index (χ3n) is 13.6. The molecule has 8 nitrogen and oxygen atoms in total. The Bertz CT molecular complexity index is 1160. The van der Waals surface area contributed by atoms with Gasteiger partial charge in [0, 0.05) is 19.3 Å². The molecule has 0 radical (unpaired) electrons. The highest BCUT2D eigenvalue weighted by atomic mass is 16.6. The number of carbonyl (C=O) groups excluding carboxylic acids is 3. The number of aliphatic carboxylic acids is 1. The Balaban J connectivity index is 4.15. The quantitative estimate of drug-likeness (QED) is 0.0259. The molecule has 0 aromatic carbocycles. The summed E-state index contributed by atoms with van der Waals surface area (Å²) in [6.45, 7) is 4.71. The molecule has 0 aliphatic heterocycles. The molecule has 0 N–H and O–H groups in total. The second-order valence-corrected chi connectivity index (χ2v) is 21.2. The first-order chi connectivity index (χ1) is 33.1. The number of unbranched alkanes of at least 4 members (excludes halogenated alkanes) is 36. The van der Waals surface area contributed by atoms with Gasteiger partial charge in [-0.3, -0.25) is 9.59 Å². The molecular weight excluding hydrogens is 847 g/mol. The molecule has 0 bridgehead atoms. The van der Waals surface area contributed by atoms with E-state index in [2.05, 4.69) is 38.2 Å². The largest absolute Gasteiger partial charge is 0.544 e. The summed E-state index contributed by atoms with van der Waals surface area (Å²) in [4.78, 5) is 37.2. The summed E-state index contributed by atoms with van der Waals surface area (Å²) in [6.07, 6.45) is 60.8. The maximum atomic E-state index is 12.8.